The summed E-state index contributed by atoms with van der Waals surface area (Å²) in [6.07, 6.45) is 2.29. The maximum atomic E-state index is 12.7. The molecule has 1 aliphatic heterocycles. The fourth-order valence-electron chi connectivity index (χ4n) is 3.85. The highest BCUT2D eigenvalue weighted by molar-refractivity contribution is 8.01. The van der Waals surface area contributed by atoms with E-state index in [2.05, 4.69) is 45.8 Å². The molecule has 1 unspecified atom stereocenters. The first-order valence-electron chi connectivity index (χ1n) is 10.7. The number of rotatable bonds is 8. The number of nitrogens with one attached hydrogen (secondary N) is 1. The van der Waals surface area contributed by atoms with E-state index in [0.29, 0.717) is 11.7 Å². The van der Waals surface area contributed by atoms with Gasteiger partial charge in [-0.25, -0.2) is 0 Å². The zero-order valence-electron chi connectivity index (χ0n) is 18.2. The molecular formula is C24H26N4O2S2. The highest BCUT2D eigenvalue weighted by atomic mass is 32.2. The van der Waals surface area contributed by atoms with Gasteiger partial charge >= 0.3 is 0 Å². The lowest BCUT2D eigenvalue weighted by Crippen LogP contribution is -2.28. The fourth-order valence-corrected chi connectivity index (χ4v) is 5.61. The number of hydrogen-bond donors (Lipinski definition) is 1. The second-order valence-corrected chi connectivity index (χ2v) is 10.4. The van der Waals surface area contributed by atoms with E-state index in [1.165, 1.54) is 16.9 Å². The van der Waals surface area contributed by atoms with Crippen molar-refractivity contribution in [2.75, 3.05) is 22.5 Å². The van der Waals surface area contributed by atoms with Gasteiger partial charge in [0.1, 0.15) is 0 Å². The van der Waals surface area contributed by atoms with E-state index < -0.39 is 5.92 Å². The van der Waals surface area contributed by atoms with Crippen LogP contribution in [0.15, 0.2) is 52.9 Å². The molecule has 1 N–H and O–H groups in total. The quantitative estimate of drug-likeness (QED) is 0.291. The Morgan fingerprint density at radius 1 is 1.16 bits per heavy atom. The Labute approximate surface area is 196 Å². The molecular weight excluding hydrogens is 440 g/mol. The van der Waals surface area contributed by atoms with Crippen LogP contribution < -0.4 is 10.2 Å². The molecule has 1 fully saturated rings. The van der Waals surface area contributed by atoms with Crippen molar-refractivity contribution in [2.24, 2.45) is 5.92 Å². The molecule has 3 aromatic rings. The molecule has 4 rings (SSSR count). The lowest BCUT2D eigenvalue weighted by Gasteiger charge is -2.18. The van der Waals surface area contributed by atoms with Crippen LogP contribution in [-0.2, 0) is 16.0 Å². The lowest BCUT2D eigenvalue weighted by atomic mass is 10.1. The second kappa shape index (κ2) is 10.3. The molecule has 0 spiro atoms. The van der Waals surface area contributed by atoms with Crippen molar-refractivity contribution in [2.45, 2.75) is 37.4 Å². The maximum absolute atomic E-state index is 12.7. The number of nitrogens with zero attached hydrogens (tertiary/aromatic N) is 3. The number of aromatic nitrogens is 2. The van der Waals surface area contributed by atoms with E-state index in [1.807, 2.05) is 32.0 Å². The summed E-state index contributed by atoms with van der Waals surface area (Å²) in [5.41, 5.74) is 4.39. The number of benzene rings is 2. The van der Waals surface area contributed by atoms with Gasteiger partial charge in [-0.3, -0.25) is 9.59 Å². The molecule has 6 nitrogen and oxygen atoms in total. The van der Waals surface area contributed by atoms with Gasteiger partial charge in [-0.15, -0.1) is 10.2 Å². The number of amides is 2. The van der Waals surface area contributed by atoms with Gasteiger partial charge in [0.05, 0.1) is 5.92 Å². The Bertz CT molecular complexity index is 1080. The van der Waals surface area contributed by atoms with Crippen molar-refractivity contribution in [1.82, 2.24) is 10.2 Å². The number of thioether (sulfide) groups is 1. The predicted molar refractivity (Wildman–Crippen MR) is 130 cm³/mol. The van der Waals surface area contributed by atoms with Gasteiger partial charge in [0.2, 0.25) is 16.9 Å². The Morgan fingerprint density at radius 2 is 1.91 bits per heavy atom. The molecule has 2 aromatic carbocycles. The van der Waals surface area contributed by atoms with Crippen molar-refractivity contribution in [3.63, 3.8) is 0 Å². The van der Waals surface area contributed by atoms with Gasteiger partial charge in [0.15, 0.2) is 4.34 Å². The highest BCUT2D eigenvalue weighted by Crippen LogP contribution is 2.30. The molecule has 2 amide bonds. The molecule has 1 saturated heterocycles. The normalized spacial score (nSPS) is 15.9. The summed E-state index contributed by atoms with van der Waals surface area (Å²) in [5, 5.41) is 11.6. The minimum absolute atomic E-state index is 0.0259. The van der Waals surface area contributed by atoms with E-state index in [9.17, 15) is 9.59 Å². The molecule has 0 radical (unpaired) electrons. The molecule has 1 atom stereocenters. The Balaban J connectivity index is 1.27. The van der Waals surface area contributed by atoms with E-state index in [1.54, 1.807) is 16.7 Å². The van der Waals surface area contributed by atoms with Gasteiger partial charge in [0, 0.05) is 24.4 Å². The number of carbonyl (C=O) groups excluding carboxylic acids is 2. The summed E-state index contributed by atoms with van der Waals surface area (Å²) in [6.45, 7) is 4.40. The van der Waals surface area contributed by atoms with Crippen LogP contribution >= 0.6 is 23.1 Å². The van der Waals surface area contributed by atoms with E-state index in [-0.39, 0.29) is 18.2 Å². The van der Waals surface area contributed by atoms with Gasteiger partial charge < -0.3 is 10.2 Å². The molecule has 1 aromatic heterocycles. The Hall–Kier alpha value is -2.71. The summed E-state index contributed by atoms with van der Waals surface area (Å²) in [5.74, 6) is 0.345. The molecule has 1 aliphatic rings. The first-order valence-corrected chi connectivity index (χ1v) is 12.5. The molecule has 166 valence electrons. The third kappa shape index (κ3) is 5.75. The first kappa shape index (κ1) is 22.5. The van der Waals surface area contributed by atoms with Crippen LogP contribution in [0.3, 0.4) is 0 Å². The smallest absolute Gasteiger partial charge is 0.231 e. The minimum atomic E-state index is -0.394. The highest BCUT2D eigenvalue weighted by Gasteiger charge is 2.35. The average molecular weight is 467 g/mol. The summed E-state index contributed by atoms with van der Waals surface area (Å²) in [7, 11) is 0. The van der Waals surface area contributed by atoms with Crippen molar-refractivity contribution >= 4 is 45.7 Å². The molecule has 0 aliphatic carbocycles. The summed E-state index contributed by atoms with van der Waals surface area (Å²) >= 11 is 3.03. The number of anilines is 2. The zero-order chi connectivity index (χ0) is 22.5. The maximum Gasteiger partial charge on any atom is 0.231 e. The largest absolute Gasteiger partial charge is 0.312 e. The molecule has 8 heteroatoms. The van der Waals surface area contributed by atoms with E-state index in [0.717, 1.165) is 39.7 Å². The number of carbonyl (C=O) groups is 2. The van der Waals surface area contributed by atoms with Gasteiger partial charge in [0.25, 0.3) is 0 Å². The van der Waals surface area contributed by atoms with Crippen LogP contribution in [0.25, 0.3) is 0 Å². The van der Waals surface area contributed by atoms with Crippen molar-refractivity contribution in [1.29, 1.82) is 0 Å². The van der Waals surface area contributed by atoms with Gasteiger partial charge in [-0.2, -0.15) is 0 Å². The molecule has 0 saturated carbocycles. The number of aryl methyl sites for hydroxylation is 3. The van der Waals surface area contributed by atoms with Crippen LogP contribution in [0, 0.1) is 19.8 Å². The van der Waals surface area contributed by atoms with Gasteiger partial charge in [-0.05, 0) is 55.5 Å². The van der Waals surface area contributed by atoms with Crippen molar-refractivity contribution < 1.29 is 9.59 Å². The first-order chi connectivity index (χ1) is 15.5. The zero-order valence-corrected chi connectivity index (χ0v) is 19.8. The summed E-state index contributed by atoms with van der Waals surface area (Å²) in [6, 6.07) is 16.5. The van der Waals surface area contributed by atoms with Crippen LogP contribution in [0.5, 0.6) is 0 Å². The SMILES string of the molecule is Cc1cc(C)cc(N2CC(C(=O)Nc3nnc(SCCCc4ccccc4)s3)CC2=O)c1. The third-order valence-electron chi connectivity index (χ3n) is 5.33. The van der Waals surface area contributed by atoms with Gasteiger partial charge in [-0.1, -0.05) is 59.5 Å². The lowest BCUT2D eigenvalue weighted by molar-refractivity contribution is -0.122. The van der Waals surface area contributed by atoms with Crippen LogP contribution in [0.4, 0.5) is 10.8 Å². The standard InChI is InChI=1S/C24H26N4O2S2/c1-16-11-17(2)13-20(12-16)28-15-19(14-21(28)29)22(30)25-23-26-27-24(32-23)31-10-6-9-18-7-4-3-5-8-18/h3-5,7-8,11-13,19H,6,9-10,14-15H2,1-2H3,(H,25,26,30). The average Bonchev–Trinajstić information content (AvgIpc) is 3.37. The summed E-state index contributed by atoms with van der Waals surface area (Å²) < 4.78 is 0.840. The second-order valence-electron chi connectivity index (χ2n) is 8.05. The molecule has 32 heavy (non-hydrogen) atoms. The summed E-state index contributed by atoms with van der Waals surface area (Å²) in [4.78, 5) is 27.0. The molecule has 2 heterocycles. The fraction of sp³-hybridized carbons (Fsp3) is 0.333. The van der Waals surface area contributed by atoms with Crippen LogP contribution in [-0.4, -0.2) is 34.3 Å². The minimum Gasteiger partial charge on any atom is -0.312 e. The van der Waals surface area contributed by atoms with Crippen LogP contribution in [0.1, 0.15) is 29.5 Å². The molecule has 0 bridgehead atoms. The Morgan fingerprint density at radius 3 is 2.66 bits per heavy atom. The van der Waals surface area contributed by atoms with Crippen LogP contribution in [0.2, 0.25) is 0 Å². The predicted octanol–water partition coefficient (Wildman–Crippen LogP) is 4.87. The van der Waals surface area contributed by atoms with E-state index >= 15 is 0 Å². The van der Waals surface area contributed by atoms with E-state index in [4.69, 9.17) is 0 Å². The number of hydrogen-bond acceptors (Lipinski definition) is 6. The van der Waals surface area contributed by atoms with Crippen molar-refractivity contribution in [3.8, 4) is 0 Å². The van der Waals surface area contributed by atoms with Crippen molar-refractivity contribution in [3.05, 3.63) is 65.2 Å². The Kier molecular flexibility index (Phi) is 7.22. The monoisotopic (exact) mass is 466 g/mol. The topological polar surface area (TPSA) is 75.2 Å². The third-order valence-corrected chi connectivity index (χ3v) is 7.39.